The molecule has 0 bridgehead atoms. The average Bonchev–Trinajstić information content (AvgIpc) is 2.96. The first-order valence-electron chi connectivity index (χ1n) is 7.45. The Hall–Kier alpha value is -2.76. The number of amides is 1. The minimum Gasteiger partial charge on any atom is -0.361 e. The van der Waals surface area contributed by atoms with Gasteiger partial charge in [-0.15, -0.1) is 0 Å². The van der Waals surface area contributed by atoms with E-state index in [-0.39, 0.29) is 18.0 Å². The minimum absolute atomic E-state index is 0.147. The van der Waals surface area contributed by atoms with E-state index in [1.54, 1.807) is 0 Å². The van der Waals surface area contributed by atoms with Gasteiger partial charge in [-0.2, -0.15) is 13.2 Å². The molecule has 0 radical (unpaired) electrons. The number of halogens is 3. The number of carbonyl (C=O) groups is 1. The topological polar surface area (TPSA) is 44.9 Å². The Kier molecular flexibility index (Phi) is 4.29. The van der Waals surface area contributed by atoms with Crippen molar-refractivity contribution in [2.45, 2.75) is 19.0 Å². The number of alkyl halides is 3. The molecule has 3 nitrogen and oxygen atoms in total. The zero-order valence-corrected chi connectivity index (χ0v) is 12.7. The Morgan fingerprint density at radius 1 is 1.08 bits per heavy atom. The summed E-state index contributed by atoms with van der Waals surface area (Å²) >= 11 is 0. The minimum atomic E-state index is -4.43. The van der Waals surface area contributed by atoms with E-state index < -0.39 is 11.7 Å². The first-order chi connectivity index (χ1) is 11.4. The fourth-order valence-corrected chi connectivity index (χ4v) is 2.58. The van der Waals surface area contributed by atoms with Gasteiger partial charge in [-0.1, -0.05) is 24.3 Å². The van der Waals surface area contributed by atoms with Crippen molar-refractivity contribution in [3.05, 3.63) is 65.9 Å². The number of rotatable bonds is 4. The van der Waals surface area contributed by atoms with Crippen LogP contribution in [0.2, 0.25) is 0 Å². The highest BCUT2D eigenvalue weighted by molar-refractivity contribution is 5.91. The summed E-state index contributed by atoms with van der Waals surface area (Å²) in [6, 6.07) is 12.4. The molecule has 0 atom stereocenters. The van der Waals surface area contributed by atoms with Gasteiger partial charge in [0.2, 0.25) is 5.91 Å². The number of benzene rings is 2. The van der Waals surface area contributed by atoms with Crippen molar-refractivity contribution >= 4 is 22.5 Å². The number of aromatic amines is 1. The van der Waals surface area contributed by atoms with Crippen LogP contribution >= 0.6 is 0 Å². The van der Waals surface area contributed by atoms with Gasteiger partial charge in [-0.05, 0) is 36.2 Å². The second-order valence-electron chi connectivity index (χ2n) is 5.49. The Morgan fingerprint density at radius 3 is 2.67 bits per heavy atom. The molecule has 0 saturated heterocycles. The molecule has 0 aliphatic heterocycles. The molecule has 1 amide bonds. The zero-order chi connectivity index (χ0) is 17.2. The van der Waals surface area contributed by atoms with Gasteiger partial charge in [0.1, 0.15) is 0 Å². The summed E-state index contributed by atoms with van der Waals surface area (Å²) < 4.78 is 38.0. The highest BCUT2D eigenvalue weighted by Crippen LogP contribution is 2.30. The lowest BCUT2D eigenvalue weighted by molar-refractivity contribution is -0.137. The summed E-state index contributed by atoms with van der Waals surface area (Å²) in [6.45, 7) is 0. The average molecular weight is 332 g/mol. The summed E-state index contributed by atoms with van der Waals surface area (Å²) in [7, 11) is 0. The summed E-state index contributed by atoms with van der Waals surface area (Å²) in [6.07, 6.45) is -1.88. The predicted molar refractivity (Wildman–Crippen MR) is 86.7 cm³/mol. The molecule has 0 fully saturated rings. The third-order valence-electron chi connectivity index (χ3n) is 3.77. The van der Waals surface area contributed by atoms with E-state index in [4.69, 9.17) is 0 Å². The van der Waals surface area contributed by atoms with Crippen LogP contribution in [0.3, 0.4) is 0 Å². The van der Waals surface area contributed by atoms with Gasteiger partial charge >= 0.3 is 6.18 Å². The number of hydrogen-bond acceptors (Lipinski definition) is 1. The highest BCUT2D eigenvalue weighted by atomic mass is 19.4. The van der Waals surface area contributed by atoms with Gasteiger partial charge < -0.3 is 10.3 Å². The molecule has 6 heteroatoms. The van der Waals surface area contributed by atoms with E-state index in [1.165, 1.54) is 12.1 Å². The molecule has 3 rings (SSSR count). The van der Waals surface area contributed by atoms with E-state index in [0.717, 1.165) is 28.6 Å². The molecule has 1 heterocycles. The van der Waals surface area contributed by atoms with Crippen molar-refractivity contribution in [3.63, 3.8) is 0 Å². The predicted octanol–water partition coefficient (Wildman–Crippen LogP) is 4.76. The highest BCUT2D eigenvalue weighted by Gasteiger charge is 2.30. The number of anilines is 1. The van der Waals surface area contributed by atoms with Crippen LogP contribution in [0.1, 0.15) is 17.5 Å². The second-order valence-corrected chi connectivity index (χ2v) is 5.49. The number of fused-ring (bicyclic) bond motifs is 1. The van der Waals surface area contributed by atoms with Crippen LogP contribution < -0.4 is 5.32 Å². The molecular weight excluding hydrogens is 317 g/mol. The number of aryl methyl sites for hydroxylation is 1. The van der Waals surface area contributed by atoms with Gasteiger partial charge in [0.05, 0.1) is 5.56 Å². The van der Waals surface area contributed by atoms with Crippen molar-refractivity contribution in [1.29, 1.82) is 0 Å². The van der Waals surface area contributed by atoms with E-state index in [2.05, 4.69) is 10.3 Å². The van der Waals surface area contributed by atoms with Crippen LogP contribution in [0, 0.1) is 0 Å². The van der Waals surface area contributed by atoms with Crippen LogP contribution in [-0.2, 0) is 17.4 Å². The molecule has 0 spiro atoms. The monoisotopic (exact) mass is 332 g/mol. The third kappa shape index (κ3) is 3.59. The number of hydrogen-bond donors (Lipinski definition) is 2. The Labute approximate surface area is 136 Å². The maximum Gasteiger partial charge on any atom is 0.416 e. The first kappa shape index (κ1) is 16.1. The maximum absolute atomic E-state index is 12.7. The lowest BCUT2D eigenvalue weighted by Gasteiger charge is -2.09. The number of nitrogens with one attached hydrogen (secondary N) is 2. The molecule has 0 aliphatic carbocycles. The van der Waals surface area contributed by atoms with Crippen molar-refractivity contribution in [3.8, 4) is 0 Å². The van der Waals surface area contributed by atoms with Crippen molar-refractivity contribution < 1.29 is 18.0 Å². The van der Waals surface area contributed by atoms with E-state index >= 15 is 0 Å². The van der Waals surface area contributed by atoms with Gasteiger partial charge in [0.25, 0.3) is 0 Å². The van der Waals surface area contributed by atoms with Crippen molar-refractivity contribution in [2.75, 3.05) is 5.32 Å². The van der Waals surface area contributed by atoms with Crippen LogP contribution in [0.5, 0.6) is 0 Å². The van der Waals surface area contributed by atoms with Crippen molar-refractivity contribution in [1.82, 2.24) is 4.98 Å². The van der Waals surface area contributed by atoms with Crippen LogP contribution in [0.4, 0.5) is 18.9 Å². The molecular formula is C18H15F3N2O. The van der Waals surface area contributed by atoms with Gasteiger partial charge in [-0.3, -0.25) is 4.79 Å². The molecule has 124 valence electrons. The normalized spacial score (nSPS) is 11.6. The Balaban J connectivity index is 1.64. The lowest BCUT2D eigenvalue weighted by atomic mass is 10.1. The molecule has 3 aromatic rings. The molecule has 0 aliphatic rings. The molecule has 2 N–H and O–H groups in total. The zero-order valence-electron chi connectivity index (χ0n) is 12.7. The van der Waals surface area contributed by atoms with E-state index in [0.29, 0.717) is 6.42 Å². The second kappa shape index (κ2) is 6.39. The van der Waals surface area contributed by atoms with Crippen LogP contribution in [-0.4, -0.2) is 10.9 Å². The lowest BCUT2D eigenvalue weighted by Crippen LogP contribution is -2.13. The smallest absolute Gasteiger partial charge is 0.361 e. The number of H-pyrrole nitrogens is 1. The van der Waals surface area contributed by atoms with E-state index in [9.17, 15) is 18.0 Å². The van der Waals surface area contributed by atoms with Gasteiger partial charge in [0, 0.05) is 29.2 Å². The first-order valence-corrected chi connectivity index (χ1v) is 7.45. The quantitative estimate of drug-likeness (QED) is 0.711. The number of carbonyl (C=O) groups excluding carboxylic acids is 1. The van der Waals surface area contributed by atoms with E-state index in [1.807, 2.05) is 30.5 Å². The van der Waals surface area contributed by atoms with Crippen molar-refractivity contribution in [2.24, 2.45) is 0 Å². The molecule has 2 aromatic carbocycles. The standard InChI is InChI=1S/C18H15F3N2O/c19-18(20,21)13-4-3-5-14(10-13)23-17(24)9-8-12-11-22-16-7-2-1-6-15(12)16/h1-7,10-11,22H,8-9H2,(H,23,24). The summed E-state index contributed by atoms with van der Waals surface area (Å²) in [4.78, 5) is 15.1. The fourth-order valence-electron chi connectivity index (χ4n) is 2.58. The summed E-state index contributed by atoms with van der Waals surface area (Å²) in [5.41, 5.74) is 1.36. The van der Waals surface area contributed by atoms with Crippen LogP contribution in [0.15, 0.2) is 54.7 Å². The molecule has 0 saturated carbocycles. The summed E-state index contributed by atoms with van der Waals surface area (Å²) in [5.74, 6) is -0.320. The molecule has 24 heavy (non-hydrogen) atoms. The number of aromatic nitrogens is 1. The maximum atomic E-state index is 12.7. The molecule has 0 unspecified atom stereocenters. The van der Waals surface area contributed by atoms with Gasteiger partial charge in [-0.25, -0.2) is 0 Å². The van der Waals surface area contributed by atoms with Crippen LogP contribution in [0.25, 0.3) is 10.9 Å². The number of para-hydroxylation sites is 1. The SMILES string of the molecule is O=C(CCc1c[nH]c2ccccc12)Nc1cccc(C(F)(F)F)c1. The Morgan fingerprint density at radius 2 is 1.88 bits per heavy atom. The Bertz CT molecular complexity index is 868. The third-order valence-corrected chi connectivity index (χ3v) is 3.77. The largest absolute Gasteiger partial charge is 0.416 e. The summed E-state index contributed by atoms with van der Waals surface area (Å²) in [5, 5.41) is 3.56. The molecule has 1 aromatic heterocycles. The fraction of sp³-hybridized carbons (Fsp3) is 0.167. The van der Waals surface area contributed by atoms with Gasteiger partial charge in [0.15, 0.2) is 0 Å².